The number of hydrogen-bond donors (Lipinski definition) is 2. The summed E-state index contributed by atoms with van der Waals surface area (Å²) < 4.78 is 7.52. The van der Waals surface area contributed by atoms with Gasteiger partial charge in [-0.2, -0.15) is 0 Å². The number of rotatable bonds is 6. The Balaban J connectivity index is 2.01. The van der Waals surface area contributed by atoms with Crippen LogP contribution in [0.2, 0.25) is 0 Å². The van der Waals surface area contributed by atoms with Gasteiger partial charge in [0.25, 0.3) is 5.91 Å². The number of carboxylic acids is 1. The van der Waals surface area contributed by atoms with Crippen LogP contribution in [0.15, 0.2) is 16.7 Å². The van der Waals surface area contributed by atoms with Crippen LogP contribution in [0, 0.1) is 0 Å². The van der Waals surface area contributed by atoms with Crippen LogP contribution in [0.5, 0.6) is 0 Å². The summed E-state index contributed by atoms with van der Waals surface area (Å²) in [5, 5.41) is 11.4. The largest absolute Gasteiger partial charge is 0.479 e. The van der Waals surface area contributed by atoms with Crippen LogP contribution in [0.1, 0.15) is 29.4 Å². The first kappa shape index (κ1) is 14.1. The standard InChI is InChI=1S/C12H15BrN2O4/c1-19-10(12(17)18)5-14-11(16)9-4-7(13)6-15(9)8-2-3-8/h4,6,8,10H,2-3,5H2,1H3,(H,14,16)(H,17,18). The van der Waals surface area contributed by atoms with Crippen LogP contribution >= 0.6 is 15.9 Å². The maximum absolute atomic E-state index is 12.1. The number of amides is 1. The number of hydrogen-bond acceptors (Lipinski definition) is 3. The Kier molecular flexibility index (Phi) is 4.26. The van der Waals surface area contributed by atoms with E-state index in [1.165, 1.54) is 7.11 Å². The van der Waals surface area contributed by atoms with Crippen LogP contribution in [0.25, 0.3) is 0 Å². The predicted molar refractivity (Wildman–Crippen MR) is 71.2 cm³/mol. The van der Waals surface area contributed by atoms with E-state index < -0.39 is 12.1 Å². The van der Waals surface area contributed by atoms with Crippen molar-refractivity contribution >= 4 is 27.8 Å². The molecule has 0 radical (unpaired) electrons. The Morgan fingerprint density at radius 1 is 1.63 bits per heavy atom. The predicted octanol–water partition coefficient (Wildman–Crippen LogP) is 1.41. The van der Waals surface area contributed by atoms with E-state index >= 15 is 0 Å². The van der Waals surface area contributed by atoms with Gasteiger partial charge in [0, 0.05) is 23.8 Å². The number of nitrogens with one attached hydrogen (secondary N) is 1. The molecular weight excluding hydrogens is 316 g/mol. The molecule has 1 atom stereocenters. The summed E-state index contributed by atoms with van der Waals surface area (Å²) in [6, 6.07) is 2.11. The second-order valence-corrected chi connectivity index (χ2v) is 5.37. The molecule has 1 aromatic heterocycles. The van der Waals surface area contributed by atoms with Crippen LogP contribution < -0.4 is 5.32 Å². The highest BCUT2D eigenvalue weighted by atomic mass is 79.9. The van der Waals surface area contributed by atoms with E-state index in [2.05, 4.69) is 21.2 Å². The summed E-state index contributed by atoms with van der Waals surface area (Å²) in [6.07, 6.45) is 2.98. The third-order valence-electron chi connectivity index (χ3n) is 3.00. The van der Waals surface area contributed by atoms with Crippen molar-refractivity contribution in [2.24, 2.45) is 0 Å². The summed E-state index contributed by atoms with van der Waals surface area (Å²) >= 11 is 3.34. The van der Waals surface area contributed by atoms with E-state index in [4.69, 9.17) is 9.84 Å². The van der Waals surface area contributed by atoms with Crippen LogP contribution in [0.3, 0.4) is 0 Å². The number of aromatic nitrogens is 1. The molecule has 1 aromatic rings. The number of carbonyl (C=O) groups excluding carboxylic acids is 1. The van der Waals surface area contributed by atoms with Crippen molar-refractivity contribution in [2.75, 3.05) is 13.7 Å². The first-order chi connectivity index (χ1) is 9.02. The summed E-state index contributed by atoms with van der Waals surface area (Å²) in [6.45, 7) is -0.0574. The van der Waals surface area contributed by atoms with Gasteiger partial charge in [0.15, 0.2) is 6.10 Å². The fourth-order valence-corrected chi connectivity index (χ4v) is 2.27. The van der Waals surface area contributed by atoms with E-state index in [9.17, 15) is 9.59 Å². The van der Waals surface area contributed by atoms with E-state index in [0.717, 1.165) is 17.3 Å². The molecule has 0 saturated heterocycles. The Bertz CT molecular complexity index is 496. The molecule has 1 amide bonds. The molecule has 0 spiro atoms. The zero-order valence-electron chi connectivity index (χ0n) is 10.4. The third kappa shape index (κ3) is 3.36. The minimum absolute atomic E-state index is 0.0574. The fourth-order valence-electron chi connectivity index (χ4n) is 1.83. The van der Waals surface area contributed by atoms with Gasteiger partial charge in [-0.05, 0) is 34.8 Å². The molecule has 6 nitrogen and oxygen atoms in total. The second-order valence-electron chi connectivity index (χ2n) is 4.45. The van der Waals surface area contributed by atoms with Gasteiger partial charge in [-0.3, -0.25) is 4.79 Å². The van der Waals surface area contributed by atoms with Gasteiger partial charge < -0.3 is 19.7 Å². The molecule has 1 fully saturated rings. The van der Waals surface area contributed by atoms with Crippen LogP contribution in [-0.2, 0) is 9.53 Å². The molecule has 2 N–H and O–H groups in total. The number of methoxy groups -OCH3 is 1. The lowest BCUT2D eigenvalue weighted by Crippen LogP contribution is -2.38. The van der Waals surface area contributed by atoms with Gasteiger partial charge in [-0.15, -0.1) is 0 Å². The number of nitrogens with zero attached hydrogens (tertiary/aromatic N) is 1. The molecule has 0 bridgehead atoms. The number of carbonyl (C=O) groups is 2. The minimum atomic E-state index is -1.10. The Labute approximate surface area is 118 Å². The summed E-state index contributed by atoms with van der Waals surface area (Å²) in [5.41, 5.74) is 0.537. The number of ether oxygens (including phenoxy) is 1. The monoisotopic (exact) mass is 330 g/mol. The number of aliphatic carboxylic acids is 1. The molecule has 1 aliphatic carbocycles. The molecule has 0 aromatic carbocycles. The van der Waals surface area contributed by atoms with Gasteiger partial charge in [0.05, 0.1) is 6.54 Å². The molecule has 2 rings (SSSR count). The molecule has 104 valence electrons. The molecule has 1 unspecified atom stereocenters. The van der Waals surface area contributed by atoms with Gasteiger partial charge in [-0.25, -0.2) is 4.79 Å². The Morgan fingerprint density at radius 3 is 2.84 bits per heavy atom. The molecule has 1 aliphatic rings. The molecule has 1 heterocycles. The topological polar surface area (TPSA) is 80.6 Å². The van der Waals surface area contributed by atoms with Gasteiger partial charge in [-0.1, -0.05) is 0 Å². The fraction of sp³-hybridized carbons (Fsp3) is 0.500. The molecule has 0 aliphatic heterocycles. The number of halogens is 1. The first-order valence-corrected chi connectivity index (χ1v) is 6.73. The highest BCUT2D eigenvalue weighted by molar-refractivity contribution is 9.10. The Morgan fingerprint density at radius 2 is 2.32 bits per heavy atom. The van der Waals surface area contributed by atoms with Gasteiger partial charge in [0.1, 0.15) is 5.69 Å². The SMILES string of the molecule is COC(CNC(=O)c1cc(Br)cn1C1CC1)C(=O)O. The zero-order chi connectivity index (χ0) is 14.0. The molecular formula is C12H15BrN2O4. The summed E-state index contributed by atoms with van der Waals surface area (Å²) in [7, 11) is 1.30. The average molecular weight is 331 g/mol. The van der Waals surface area contributed by atoms with E-state index in [1.807, 2.05) is 10.8 Å². The van der Waals surface area contributed by atoms with E-state index in [-0.39, 0.29) is 12.5 Å². The quantitative estimate of drug-likeness (QED) is 0.826. The first-order valence-electron chi connectivity index (χ1n) is 5.94. The lowest BCUT2D eigenvalue weighted by Gasteiger charge is -2.12. The summed E-state index contributed by atoms with van der Waals surface area (Å²) in [4.78, 5) is 22.8. The van der Waals surface area contributed by atoms with E-state index in [1.54, 1.807) is 6.07 Å². The lowest BCUT2D eigenvalue weighted by atomic mass is 10.3. The smallest absolute Gasteiger partial charge is 0.334 e. The Hall–Kier alpha value is -1.34. The maximum atomic E-state index is 12.1. The van der Waals surface area contributed by atoms with Crippen molar-refractivity contribution in [1.29, 1.82) is 0 Å². The van der Waals surface area contributed by atoms with Gasteiger partial charge >= 0.3 is 5.97 Å². The molecule has 1 saturated carbocycles. The van der Waals surface area contributed by atoms with Crippen molar-refractivity contribution in [3.8, 4) is 0 Å². The highest BCUT2D eigenvalue weighted by Gasteiger charge is 2.28. The van der Waals surface area contributed by atoms with Crippen molar-refractivity contribution in [2.45, 2.75) is 25.0 Å². The van der Waals surface area contributed by atoms with Crippen LogP contribution in [0.4, 0.5) is 0 Å². The third-order valence-corrected chi connectivity index (χ3v) is 3.43. The zero-order valence-corrected chi connectivity index (χ0v) is 12.0. The normalized spacial score (nSPS) is 16.1. The molecule has 7 heteroatoms. The lowest BCUT2D eigenvalue weighted by molar-refractivity contribution is -0.148. The number of carboxylic acid groups (broad SMARTS) is 1. The van der Waals surface area contributed by atoms with Crippen molar-refractivity contribution < 1.29 is 19.4 Å². The van der Waals surface area contributed by atoms with Gasteiger partial charge in [0.2, 0.25) is 0 Å². The van der Waals surface area contributed by atoms with E-state index in [0.29, 0.717) is 11.7 Å². The second kappa shape index (κ2) is 5.75. The van der Waals surface area contributed by atoms with Crippen molar-refractivity contribution in [1.82, 2.24) is 9.88 Å². The minimum Gasteiger partial charge on any atom is -0.479 e. The highest BCUT2D eigenvalue weighted by Crippen LogP contribution is 2.37. The van der Waals surface area contributed by atoms with Crippen molar-refractivity contribution in [3.63, 3.8) is 0 Å². The van der Waals surface area contributed by atoms with Crippen LogP contribution in [-0.4, -0.2) is 41.3 Å². The van der Waals surface area contributed by atoms with Crippen molar-refractivity contribution in [3.05, 3.63) is 22.4 Å². The molecule has 19 heavy (non-hydrogen) atoms. The summed E-state index contributed by atoms with van der Waals surface area (Å²) in [5.74, 6) is -1.39. The average Bonchev–Trinajstić information content (AvgIpc) is 3.12. The maximum Gasteiger partial charge on any atom is 0.334 e.